The Morgan fingerprint density at radius 1 is 0.909 bits per heavy atom. The van der Waals surface area contributed by atoms with E-state index < -0.39 is 0 Å². The normalized spacial score (nSPS) is 17.2. The number of rotatable bonds is 6. The zero-order valence-corrected chi connectivity index (χ0v) is 19.3. The summed E-state index contributed by atoms with van der Waals surface area (Å²) in [4.78, 5) is 18.3. The van der Waals surface area contributed by atoms with Crippen molar-refractivity contribution in [1.82, 2.24) is 15.0 Å². The summed E-state index contributed by atoms with van der Waals surface area (Å²) in [6.07, 6.45) is 11.2. The van der Waals surface area contributed by atoms with E-state index in [2.05, 4.69) is 51.6 Å². The van der Waals surface area contributed by atoms with E-state index in [4.69, 9.17) is 0 Å². The number of aromatic nitrogens is 3. The van der Waals surface area contributed by atoms with Crippen molar-refractivity contribution in [2.75, 3.05) is 22.9 Å². The number of amides is 1. The smallest absolute Gasteiger partial charge is 0.280 e. The molecule has 6 heteroatoms. The van der Waals surface area contributed by atoms with Crippen molar-refractivity contribution in [3.8, 4) is 0 Å². The lowest BCUT2D eigenvalue weighted by atomic mass is 10.0. The van der Waals surface area contributed by atoms with Gasteiger partial charge in [0.1, 0.15) is 0 Å². The molecule has 1 aliphatic heterocycles. The van der Waals surface area contributed by atoms with Gasteiger partial charge >= 0.3 is 0 Å². The summed E-state index contributed by atoms with van der Waals surface area (Å²) in [5.41, 5.74) is 3.75. The van der Waals surface area contributed by atoms with Gasteiger partial charge in [0, 0.05) is 30.5 Å². The molecule has 1 amide bonds. The molecule has 6 nitrogen and oxygen atoms in total. The van der Waals surface area contributed by atoms with Crippen LogP contribution in [0.15, 0.2) is 60.8 Å². The molecule has 0 radical (unpaired) electrons. The van der Waals surface area contributed by atoms with Gasteiger partial charge in [-0.3, -0.25) is 4.79 Å². The molecule has 33 heavy (non-hydrogen) atoms. The topological polar surface area (TPSA) is 54.3 Å². The minimum absolute atomic E-state index is 0.0419. The molecule has 1 aromatic heterocycles. The molecule has 0 unspecified atom stereocenters. The third kappa shape index (κ3) is 5.10. The first-order valence-corrected chi connectivity index (χ1v) is 12.4. The molecule has 1 saturated heterocycles. The van der Waals surface area contributed by atoms with E-state index in [0.717, 1.165) is 37.2 Å². The molecule has 0 N–H and O–H groups in total. The van der Waals surface area contributed by atoms with E-state index in [1.165, 1.54) is 44.2 Å². The molecule has 2 aliphatic rings. The lowest BCUT2D eigenvalue weighted by Crippen LogP contribution is -2.40. The molecule has 172 valence electrons. The highest BCUT2D eigenvalue weighted by atomic mass is 16.2. The SMILES string of the molecule is O=C(c1cn(Cc2ccccc2)nn1)N(c1cccc(N2CCCC2)c1)C1CCCCCC1. The molecule has 0 atom stereocenters. The van der Waals surface area contributed by atoms with Gasteiger partial charge in [-0.15, -0.1) is 5.10 Å². The minimum atomic E-state index is -0.0419. The van der Waals surface area contributed by atoms with Crippen molar-refractivity contribution in [3.05, 3.63) is 72.1 Å². The first kappa shape index (κ1) is 21.7. The molecule has 2 aromatic carbocycles. The van der Waals surface area contributed by atoms with Crippen LogP contribution in [0.1, 0.15) is 67.4 Å². The van der Waals surface area contributed by atoms with Crippen LogP contribution in [0, 0.1) is 0 Å². The number of benzene rings is 2. The molecule has 2 heterocycles. The second-order valence-electron chi connectivity index (χ2n) is 9.32. The molecule has 0 spiro atoms. The lowest BCUT2D eigenvalue weighted by Gasteiger charge is -2.31. The van der Waals surface area contributed by atoms with Gasteiger partial charge in [0.2, 0.25) is 0 Å². The van der Waals surface area contributed by atoms with Crippen molar-refractivity contribution < 1.29 is 4.79 Å². The Hall–Kier alpha value is -3.15. The van der Waals surface area contributed by atoms with Crippen LogP contribution in [-0.4, -0.2) is 40.0 Å². The van der Waals surface area contributed by atoms with E-state index >= 15 is 0 Å². The molecule has 5 rings (SSSR count). The van der Waals surface area contributed by atoms with Crippen LogP contribution in [0.3, 0.4) is 0 Å². The average molecular weight is 444 g/mol. The summed E-state index contributed by atoms with van der Waals surface area (Å²) >= 11 is 0. The Morgan fingerprint density at radius 3 is 2.42 bits per heavy atom. The number of anilines is 2. The van der Waals surface area contributed by atoms with Crippen LogP contribution in [0.5, 0.6) is 0 Å². The zero-order chi connectivity index (χ0) is 22.5. The standard InChI is InChI=1S/C27H33N5O/c33-27(26-21-31(29-28-26)20-22-11-4-3-5-12-22)32(23-13-6-1-2-7-14-23)25-16-10-15-24(19-25)30-17-8-9-18-30/h3-5,10-12,15-16,19,21,23H,1-2,6-9,13-14,17-18,20H2. The third-order valence-electron chi connectivity index (χ3n) is 6.93. The lowest BCUT2D eigenvalue weighted by molar-refractivity contribution is 0.0969. The maximum absolute atomic E-state index is 13.9. The minimum Gasteiger partial charge on any atom is -0.371 e. The van der Waals surface area contributed by atoms with Crippen LogP contribution in [0.2, 0.25) is 0 Å². The van der Waals surface area contributed by atoms with Gasteiger partial charge in [-0.2, -0.15) is 0 Å². The summed E-state index contributed by atoms with van der Waals surface area (Å²) in [6.45, 7) is 2.79. The van der Waals surface area contributed by atoms with Crippen molar-refractivity contribution in [1.29, 1.82) is 0 Å². The van der Waals surface area contributed by atoms with E-state index in [0.29, 0.717) is 12.2 Å². The Labute approximate surface area is 196 Å². The van der Waals surface area contributed by atoms with Gasteiger partial charge in [0.25, 0.3) is 5.91 Å². The molecule has 0 bridgehead atoms. The number of nitrogens with zero attached hydrogens (tertiary/aromatic N) is 5. The van der Waals surface area contributed by atoms with E-state index in [-0.39, 0.29) is 11.9 Å². The summed E-state index contributed by atoms with van der Waals surface area (Å²) < 4.78 is 1.76. The Morgan fingerprint density at radius 2 is 1.67 bits per heavy atom. The van der Waals surface area contributed by atoms with Gasteiger partial charge in [-0.25, -0.2) is 4.68 Å². The van der Waals surface area contributed by atoms with Gasteiger partial charge in [0.15, 0.2) is 5.69 Å². The van der Waals surface area contributed by atoms with Gasteiger partial charge in [-0.05, 0) is 49.4 Å². The molecular formula is C27H33N5O. The molecule has 1 aliphatic carbocycles. The molecule has 3 aromatic rings. The number of carbonyl (C=O) groups is 1. The van der Waals surface area contributed by atoms with Crippen LogP contribution in [0.25, 0.3) is 0 Å². The Bertz CT molecular complexity index is 1050. The molecule has 2 fully saturated rings. The maximum atomic E-state index is 13.9. The number of hydrogen-bond donors (Lipinski definition) is 0. The predicted octanol–water partition coefficient (Wildman–Crippen LogP) is 5.30. The molecular weight excluding hydrogens is 410 g/mol. The summed E-state index contributed by atoms with van der Waals surface area (Å²) in [5, 5.41) is 8.55. The third-order valence-corrected chi connectivity index (χ3v) is 6.93. The van der Waals surface area contributed by atoms with Gasteiger partial charge in [-0.1, -0.05) is 67.3 Å². The van der Waals surface area contributed by atoms with Crippen molar-refractivity contribution in [2.24, 2.45) is 0 Å². The van der Waals surface area contributed by atoms with Crippen LogP contribution in [-0.2, 0) is 6.54 Å². The van der Waals surface area contributed by atoms with Crippen LogP contribution in [0.4, 0.5) is 11.4 Å². The van der Waals surface area contributed by atoms with Gasteiger partial charge in [0.05, 0.1) is 12.7 Å². The van der Waals surface area contributed by atoms with E-state index in [1.807, 2.05) is 23.1 Å². The fraction of sp³-hybridized carbons (Fsp3) is 0.444. The van der Waals surface area contributed by atoms with E-state index in [9.17, 15) is 4.79 Å². The first-order valence-electron chi connectivity index (χ1n) is 12.4. The van der Waals surface area contributed by atoms with Crippen LogP contribution < -0.4 is 9.80 Å². The Balaban J connectivity index is 1.43. The van der Waals surface area contributed by atoms with E-state index in [1.54, 1.807) is 10.9 Å². The zero-order valence-electron chi connectivity index (χ0n) is 19.3. The fourth-order valence-corrected chi connectivity index (χ4v) is 5.19. The second-order valence-corrected chi connectivity index (χ2v) is 9.32. The summed E-state index contributed by atoms with van der Waals surface area (Å²) in [7, 11) is 0. The predicted molar refractivity (Wildman–Crippen MR) is 132 cm³/mol. The highest BCUT2D eigenvalue weighted by molar-refractivity contribution is 6.05. The highest BCUT2D eigenvalue weighted by Gasteiger charge is 2.29. The largest absolute Gasteiger partial charge is 0.371 e. The quantitative estimate of drug-likeness (QED) is 0.486. The van der Waals surface area contributed by atoms with Crippen LogP contribution >= 0.6 is 0 Å². The monoisotopic (exact) mass is 443 g/mol. The average Bonchev–Trinajstić information content (AvgIpc) is 3.48. The molecule has 1 saturated carbocycles. The Kier molecular flexibility index (Phi) is 6.70. The summed E-state index contributed by atoms with van der Waals surface area (Å²) in [5.74, 6) is -0.0419. The number of carbonyl (C=O) groups excluding carboxylic acids is 1. The first-order chi connectivity index (χ1) is 16.3. The fourth-order valence-electron chi connectivity index (χ4n) is 5.19. The maximum Gasteiger partial charge on any atom is 0.280 e. The van der Waals surface area contributed by atoms with Crippen molar-refractivity contribution >= 4 is 17.3 Å². The van der Waals surface area contributed by atoms with Crippen molar-refractivity contribution in [3.63, 3.8) is 0 Å². The van der Waals surface area contributed by atoms with Gasteiger partial charge < -0.3 is 9.80 Å². The second kappa shape index (κ2) is 10.2. The summed E-state index contributed by atoms with van der Waals surface area (Å²) in [6, 6.07) is 18.9. The number of hydrogen-bond acceptors (Lipinski definition) is 4. The highest BCUT2D eigenvalue weighted by Crippen LogP contribution is 2.31. The van der Waals surface area contributed by atoms with Crippen molar-refractivity contribution in [2.45, 2.75) is 64.0 Å².